The van der Waals surface area contributed by atoms with Gasteiger partial charge in [0.1, 0.15) is 11.2 Å². The van der Waals surface area contributed by atoms with Crippen LogP contribution in [0.25, 0.3) is 27.4 Å². The van der Waals surface area contributed by atoms with Gasteiger partial charge in [0.2, 0.25) is 0 Å². The molecule has 0 amide bonds. The molecule has 0 saturated carbocycles. The molecule has 2 aromatic carbocycles. The number of esters is 1. The highest BCUT2D eigenvalue weighted by atomic mass is 35.5. The Hall–Kier alpha value is -2.79. The van der Waals surface area contributed by atoms with Crippen molar-refractivity contribution in [2.75, 3.05) is 19.5 Å². The average molecular weight is 534 g/mol. The van der Waals surface area contributed by atoms with E-state index in [1.54, 1.807) is 25.4 Å². The maximum Gasteiger partial charge on any atom is 0.350 e. The molecule has 0 fully saturated rings. The van der Waals surface area contributed by atoms with Gasteiger partial charge in [-0.1, -0.05) is 41.1 Å². The van der Waals surface area contributed by atoms with Gasteiger partial charge in [-0.25, -0.2) is 14.8 Å². The topological polar surface area (TPSA) is 100 Å². The molecule has 0 unspecified atom stereocenters. The Morgan fingerprint density at radius 1 is 1.17 bits per heavy atom. The predicted octanol–water partition coefficient (Wildman–Crippen LogP) is 5.28. The summed E-state index contributed by atoms with van der Waals surface area (Å²) in [7, 11) is -3.42. The molecule has 4 rings (SSSR count). The highest BCUT2D eigenvalue weighted by Gasteiger charge is 2.22. The highest BCUT2D eigenvalue weighted by molar-refractivity contribution is 7.85. The van der Waals surface area contributed by atoms with Gasteiger partial charge in [-0.2, -0.15) is 8.42 Å². The Balaban J connectivity index is 1.64. The minimum absolute atomic E-state index is 0.168. The zero-order valence-corrected chi connectivity index (χ0v) is 21.6. The Kier molecular flexibility index (Phi) is 7.85. The average Bonchev–Trinajstić information content (AvgIpc) is 3.42. The first-order valence-corrected chi connectivity index (χ1v) is 14.0. The van der Waals surface area contributed by atoms with Crippen LogP contribution in [-0.4, -0.2) is 48.4 Å². The van der Waals surface area contributed by atoms with Crippen molar-refractivity contribution in [1.82, 2.24) is 14.5 Å². The van der Waals surface area contributed by atoms with Crippen molar-refractivity contribution >= 4 is 50.1 Å². The number of nitrogens with zero attached hydrogens (tertiary/aromatic N) is 3. The molecule has 184 valence electrons. The number of imidazole rings is 1. The summed E-state index contributed by atoms with van der Waals surface area (Å²) in [6, 6.07) is 13.2. The summed E-state index contributed by atoms with van der Waals surface area (Å²) in [5.41, 5.74) is 3.97. The summed E-state index contributed by atoms with van der Waals surface area (Å²) < 4.78 is 34.1. The van der Waals surface area contributed by atoms with Crippen LogP contribution < -0.4 is 0 Å². The van der Waals surface area contributed by atoms with Crippen LogP contribution in [0.4, 0.5) is 0 Å². The van der Waals surface area contributed by atoms with Crippen LogP contribution in [0.1, 0.15) is 35.0 Å². The molecule has 4 aromatic rings. The molecule has 0 saturated heterocycles. The van der Waals surface area contributed by atoms with Crippen LogP contribution in [0.2, 0.25) is 5.02 Å². The third-order valence-corrected chi connectivity index (χ3v) is 7.01. The molecule has 2 heterocycles. The second kappa shape index (κ2) is 10.9. The van der Waals surface area contributed by atoms with Crippen LogP contribution >= 0.6 is 22.9 Å². The first kappa shape index (κ1) is 25.3. The van der Waals surface area contributed by atoms with Gasteiger partial charge in [0.15, 0.2) is 5.13 Å². The van der Waals surface area contributed by atoms with Gasteiger partial charge in [0.05, 0.1) is 36.2 Å². The van der Waals surface area contributed by atoms with Crippen molar-refractivity contribution in [2.45, 2.75) is 26.2 Å². The number of carbonyl (C=O) groups excluding carboxylic acids is 1. The summed E-state index contributed by atoms with van der Waals surface area (Å²) in [6.45, 7) is 2.19. The number of unbranched alkanes of at least 4 members (excludes halogenated alkanes) is 1. The minimum Gasteiger partial charge on any atom is -0.462 e. The van der Waals surface area contributed by atoms with E-state index >= 15 is 0 Å². The zero-order chi connectivity index (χ0) is 25.0. The van der Waals surface area contributed by atoms with Gasteiger partial charge in [-0.3, -0.25) is 8.75 Å². The number of carbonyl (C=O) groups is 1. The lowest BCUT2D eigenvalue weighted by molar-refractivity contribution is 0.0532. The lowest BCUT2D eigenvalue weighted by Crippen LogP contribution is -2.04. The smallest absolute Gasteiger partial charge is 0.350 e. The van der Waals surface area contributed by atoms with Gasteiger partial charge in [0, 0.05) is 10.6 Å². The molecule has 0 aliphatic heterocycles. The quantitative estimate of drug-likeness (QED) is 0.155. The second-order valence-corrected chi connectivity index (χ2v) is 10.9. The molecule has 35 heavy (non-hydrogen) atoms. The van der Waals surface area contributed by atoms with Gasteiger partial charge in [-0.15, -0.1) is 0 Å². The number of aryl methyl sites for hydroxylation is 1. The van der Waals surface area contributed by atoms with Gasteiger partial charge in [0.25, 0.3) is 10.1 Å². The van der Waals surface area contributed by atoms with Crippen molar-refractivity contribution in [3.63, 3.8) is 0 Å². The van der Waals surface area contributed by atoms with Crippen molar-refractivity contribution < 1.29 is 22.1 Å². The first-order valence-electron chi connectivity index (χ1n) is 11.0. The van der Waals surface area contributed by atoms with E-state index in [9.17, 15) is 13.2 Å². The van der Waals surface area contributed by atoms with E-state index in [-0.39, 0.29) is 13.2 Å². The Morgan fingerprint density at radius 2 is 2.00 bits per heavy atom. The van der Waals surface area contributed by atoms with E-state index in [4.69, 9.17) is 25.5 Å². The largest absolute Gasteiger partial charge is 0.462 e. The number of ether oxygens (including phenoxy) is 1. The molecular formula is C24H24ClN3O5S2. The Morgan fingerprint density at radius 3 is 2.74 bits per heavy atom. The van der Waals surface area contributed by atoms with Crippen molar-refractivity contribution in [1.29, 1.82) is 0 Å². The maximum atomic E-state index is 12.7. The lowest BCUT2D eigenvalue weighted by Gasteiger charge is -2.04. The van der Waals surface area contributed by atoms with Crippen LogP contribution in [0, 0.1) is 0 Å². The number of benzene rings is 2. The summed E-state index contributed by atoms with van der Waals surface area (Å²) in [5.74, 6) is -0.437. The maximum absolute atomic E-state index is 12.7. The standard InChI is InChI=1S/C24H24ClN3O5S2/c1-3-32-23(29)22-21(17-8-6-9-18(25)14-17)27-24(34-22)28-15-26-19-11-10-16(13-20(19)28)7-4-5-12-33-35(2,30)31/h6,8-11,13-15H,3-5,7,12H2,1-2H3. The molecule has 0 aliphatic carbocycles. The molecule has 0 aliphatic rings. The molecule has 0 atom stereocenters. The molecular weight excluding hydrogens is 510 g/mol. The summed E-state index contributed by atoms with van der Waals surface area (Å²) in [5, 5.41) is 1.13. The van der Waals surface area contributed by atoms with Gasteiger partial charge >= 0.3 is 5.97 Å². The normalized spacial score (nSPS) is 11.7. The fourth-order valence-corrected chi connectivity index (χ4v) is 5.16. The van der Waals surface area contributed by atoms with Crippen molar-refractivity contribution in [3.8, 4) is 16.4 Å². The number of halogens is 1. The van der Waals surface area contributed by atoms with Crippen LogP contribution in [0.3, 0.4) is 0 Å². The number of fused-ring (bicyclic) bond motifs is 1. The fraction of sp³-hybridized carbons (Fsp3) is 0.292. The predicted molar refractivity (Wildman–Crippen MR) is 137 cm³/mol. The van der Waals surface area contributed by atoms with E-state index in [1.165, 1.54) is 11.3 Å². The molecule has 2 aromatic heterocycles. The van der Waals surface area contributed by atoms with Crippen LogP contribution in [-0.2, 0) is 25.5 Å². The first-order chi connectivity index (χ1) is 16.7. The molecule has 0 bridgehead atoms. The number of thiazole rings is 1. The highest BCUT2D eigenvalue weighted by Crippen LogP contribution is 2.33. The SMILES string of the molecule is CCOC(=O)c1sc(-n2cnc3ccc(CCCCOS(C)(=O)=O)cc32)nc1-c1cccc(Cl)c1. The number of aromatic nitrogens is 3. The summed E-state index contributed by atoms with van der Waals surface area (Å²) in [4.78, 5) is 22.3. The van der Waals surface area contributed by atoms with E-state index in [1.807, 2.05) is 34.9 Å². The van der Waals surface area contributed by atoms with E-state index < -0.39 is 16.1 Å². The molecule has 11 heteroatoms. The number of hydrogen-bond donors (Lipinski definition) is 0. The molecule has 0 N–H and O–H groups in total. The van der Waals surface area contributed by atoms with Gasteiger partial charge < -0.3 is 4.74 Å². The number of hydrogen-bond acceptors (Lipinski definition) is 8. The summed E-state index contributed by atoms with van der Waals surface area (Å²) >= 11 is 7.41. The fourth-order valence-electron chi connectivity index (χ4n) is 3.58. The lowest BCUT2D eigenvalue weighted by atomic mass is 10.1. The molecule has 0 radical (unpaired) electrons. The van der Waals surface area contributed by atoms with Crippen LogP contribution in [0.15, 0.2) is 48.8 Å². The van der Waals surface area contributed by atoms with Crippen molar-refractivity contribution in [2.24, 2.45) is 0 Å². The Labute approximate surface area is 212 Å². The molecule has 8 nitrogen and oxygen atoms in total. The van der Waals surface area contributed by atoms with E-state index in [2.05, 4.69) is 4.98 Å². The van der Waals surface area contributed by atoms with Crippen LogP contribution in [0.5, 0.6) is 0 Å². The third kappa shape index (κ3) is 6.26. The zero-order valence-electron chi connectivity index (χ0n) is 19.2. The molecule has 0 spiro atoms. The summed E-state index contributed by atoms with van der Waals surface area (Å²) in [6.07, 6.45) is 4.89. The third-order valence-electron chi connectivity index (χ3n) is 5.15. The monoisotopic (exact) mass is 533 g/mol. The van der Waals surface area contributed by atoms with Gasteiger partial charge in [-0.05, 0) is 56.0 Å². The minimum atomic E-state index is -3.42. The Bertz CT molecular complexity index is 1460. The second-order valence-electron chi connectivity index (χ2n) is 7.83. The number of rotatable bonds is 10. The van der Waals surface area contributed by atoms with E-state index in [0.29, 0.717) is 27.1 Å². The van der Waals surface area contributed by atoms with Crippen molar-refractivity contribution in [3.05, 3.63) is 64.3 Å². The van der Waals surface area contributed by atoms with E-state index in [0.717, 1.165) is 41.3 Å².